The fraction of sp³-hybridized carbons (Fsp3) is 0.172. The van der Waals surface area contributed by atoms with Crippen LogP contribution in [0.4, 0.5) is 0 Å². The van der Waals surface area contributed by atoms with Gasteiger partial charge in [-0.1, -0.05) is 18.2 Å². The number of carbonyl (C=O) groups is 2. The van der Waals surface area contributed by atoms with Crippen molar-refractivity contribution in [2.45, 2.75) is 27.3 Å². The standard InChI is InChI=1S/C29H25NO5/c1-5-30-16-19(23-14-20(33-4)10-11-24(23)30)13-26-28(31)27-18(3)12-21(15-25(27)35-26)34-29(32)22-9-7-6-8-17(22)2/h6-16H,5H2,1-4H3/b26-13-. The maximum Gasteiger partial charge on any atom is 0.343 e. The van der Waals surface area contributed by atoms with Crippen LogP contribution in [0.3, 0.4) is 0 Å². The second-order valence-corrected chi connectivity index (χ2v) is 8.51. The molecule has 0 fully saturated rings. The van der Waals surface area contributed by atoms with E-state index >= 15 is 0 Å². The van der Waals surface area contributed by atoms with E-state index in [-0.39, 0.29) is 11.5 Å². The molecule has 0 aliphatic carbocycles. The molecule has 0 unspecified atom stereocenters. The van der Waals surface area contributed by atoms with Crippen LogP contribution in [-0.2, 0) is 6.54 Å². The summed E-state index contributed by atoms with van der Waals surface area (Å²) < 4.78 is 19.1. The van der Waals surface area contributed by atoms with Crippen LogP contribution in [0.5, 0.6) is 17.2 Å². The molecule has 0 spiro atoms. The molecule has 1 aliphatic heterocycles. The molecule has 176 valence electrons. The van der Waals surface area contributed by atoms with E-state index in [0.717, 1.165) is 34.3 Å². The van der Waals surface area contributed by atoms with Crippen molar-refractivity contribution >= 4 is 28.7 Å². The SMILES string of the molecule is CCn1cc(/C=C2\Oc3cc(OC(=O)c4ccccc4C)cc(C)c3C2=O)c2cc(OC)ccc21. The summed E-state index contributed by atoms with van der Waals surface area (Å²) in [4.78, 5) is 25.9. The van der Waals surface area contributed by atoms with E-state index in [4.69, 9.17) is 14.2 Å². The summed E-state index contributed by atoms with van der Waals surface area (Å²) in [5.74, 6) is 1.02. The molecule has 0 bridgehead atoms. The maximum atomic E-state index is 13.2. The first kappa shape index (κ1) is 22.5. The molecule has 0 amide bonds. The van der Waals surface area contributed by atoms with Gasteiger partial charge in [-0.15, -0.1) is 0 Å². The van der Waals surface area contributed by atoms with Gasteiger partial charge in [-0.2, -0.15) is 0 Å². The van der Waals surface area contributed by atoms with Crippen LogP contribution < -0.4 is 14.2 Å². The van der Waals surface area contributed by atoms with Crippen molar-refractivity contribution in [2.24, 2.45) is 0 Å². The highest BCUT2D eigenvalue weighted by Crippen LogP contribution is 2.38. The third kappa shape index (κ3) is 3.97. The van der Waals surface area contributed by atoms with Gasteiger partial charge in [0.25, 0.3) is 0 Å². The highest BCUT2D eigenvalue weighted by molar-refractivity contribution is 6.16. The van der Waals surface area contributed by atoms with Crippen LogP contribution >= 0.6 is 0 Å². The molecule has 0 saturated carbocycles. The first-order valence-corrected chi connectivity index (χ1v) is 11.4. The number of ether oxygens (including phenoxy) is 3. The fourth-order valence-corrected chi connectivity index (χ4v) is 4.45. The molecule has 3 aromatic carbocycles. The van der Waals surface area contributed by atoms with Crippen molar-refractivity contribution in [3.05, 3.63) is 94.4 Å². The molecule has 6 heteroatoms. The van der Waals surface area contributed by atoms with Gasteiger partial charge in [-0.05, 0) is 68.3 Å². The predicted octanol–water partition coefficient (Wildman–Crippen LogP) is 6.12. The second kappa shape index (κ2) is 8.80. The predicted molar refractivity (Wildman–Crippen MR) is 134 cm³/mol. The van der Waals surface area contributed by atoms with Gasteiger partial charge in [0, 0.05) is 35.3 Å². The van der Waals surface area contributed by atoms with Crippen molar-refractivity contribution in [2.75, 3.05) is 7.11 Å². The summed E-state index contributed by atoms with van der Waals surface area (Å²) in [6.45, 7) is 6.52. The molecule has 6 nitrogen and oxygen atoms in total. The number of rotatable bonds is 5. The Labute approximate surface area is 203 Å². The molecule has 4 aromatic rings. The molecule has 1 aliphatic rings. The van der Waals surface area contributed by atoms with E-state index < -0.39 is 5.97 Å². The average Bonchev–Trinajstić information content (AvgIpc) is 3.36. The minimum absolute atomic E-state index is 0.199. The highest BCUT2D eigenvalue weighted by Gasteiger charge is 2.31. The number of hydrogen-bond donors (Lipinski definition) is 0. The number of benzene rings is 3. The molecular weight excluding hydrogens is 442 g/mol. The van der Waals surface area contributed by atoms with E-state index in [1.807, 2.05) is 50.4 Å². The number of Topliss-reactive ketones (excluding diaryl/α,β-unsaturated/α-hetero) is 1. The topological polar surface area (TPSA) is 66.8 Å². The van der Waals surface area contributed by atoms with Gasteiger partial charge in [0.2, 0.25) is 5.78 Å². The average molecular weight is 468 g/mol. The number of aryl methyl sites for hydroxylation is 3. The van der Waals surface area contributed by atoms with Crippen LogP contribution in [0.2, 0.25) is 0 Å². The number of nitrogens with zero attached hydrogens (tertiary/aromatic N) is 1. The number of aromatic nitrogens is 1. The van der Waals surface area contributed by atoms with Gasteiger partial charge < -0.3 is 18.8 Å². The van der Waals surface area contributed by atoms with Crippen LogP contribution in [-0.4, -0.2) is 23.4 Å². The van der Waals surface area contributed by atoms with E-state index in [2.05, 4.69) is 11.5 Å². The van der Waals surface area contributed by atoms with E-state index in [9.17, 15) is 9.59 Å². The number of allylic oxidation sites excluding steroid dienone is 1. The zero-order chi connectivity index (χ0) is 24.7. The molecule has 2 heterocycles. The second-order valence-electron chi connectivity index (χ2n) is 8.51. The number of hydrogen-bond acceptors (Lipinski definition) is 5. The van der Waals surface area contributed by atoms with Crippen molar-refractivity contribution in [1.82, 2.24) is 4.57 Å². The minimum atomic E-state index is -0.455. The van der Waals surface area contributed by atoms with Crippen molar-refractivity contribution in [1.29, 1.82) is 0 Å². The van der Waals surface area contributed by atoms with Crippen molar-refractivity contribution in [3.8, 4) is 17.2 Å². The van der Waals surface area contributed by atoms with Crippen LogP contribution in [0.15, 0.2) is 66.6 Å². The molecule has 0 atom stereocenters. The number of carbonyl (C=O) groups excluding carboxylic acids is 2. The van der Waals surface area contributed by atoms with Gasteiger partial charge in [0.15, 0.2) is 5.76 Å². The molecular formula is C29H25NO5. The van der Waals surface area contributed by atoms with E-state index in [1.54, 1.807) is 37.5 Å². The van der Waals surface area contributed by atoms with Gasteiger partial charge in [-0.3, -0.25) is 4.79 Å². The Hall–Kier alpha value is -4.32. The molecule has 0 N–H and O–H groups in total. The Bertz CT molecular complexity index is 1530. The summed E-state index contributed by atoms with van der Waals surface area (Å²) in [5, 5.41) is 0.968. The Balaban J connectivity index is 1.49. The highest BCUT2D eigenvalue weighted by atomic mass is 16.5. The minimum Gasteiger partial charge on any atom is -0.497 e. The lowest BCUT2D eigenvalue weighted by molar-refractivity contribution is 0.0733. The summed E-state index contributed by atoms with van der Waals surface area (Å²) >= 11 is 0. The summed E-state index contributed by atoms with van der Waals surface area (Å²) in [7, 11) is 1.63. The molecule has 0 radical (unpaired) electrons. The summed E-state index contributed by atoms with van der Waals surface area (Å²) in [6.07, 6.45) is 3.76. The van der Waals surface area contributed by atoms with Crippen LogP contribution in [0.1, 0.15) is 44.3 Å². The normalized spacial score (nSPS) is 13.7. The fourth-order valence-electron chi connectivity index (χ4n) is 4.45. The lowest BCUT2D eigenvalue weighted by atomic mass is 10.0. The van der Waals surface area contributed by atoms with E-state index in [1.165, 1.54) is 0 Å². The summed E-state index contributed by atoms with van der Waals surface area (Å²) in [5.41, 5.74) is 4.39. The third-order valence-corrected chi connectivity index (χ3v) is 6.27. The van der Waals surface area contributed by atoms with E-state index in [0.29, 0.717) is 28.2 Å². The van der Waals surface area contributed by atoms with Crippen molar-refractivity contribution in [3.63, 3.8) is 0 Å². The summed E-state index contributed by atoms with van der Waals surface area (Å²) in [6, 6.07) is 16.4. The number of methoxy groups -OCH3 is 1. The molecule has 5 rings (SSSR count). The molecule has 0 saturated heterocycles. The lowest BCUT2D eigenvalue weighted by Gasteiger charge is -2.09. The zero-order valence-electron chi connectivity index (χ0n) is 20.0. The number of esters is 1. The Morgan fingerprint density at radius 3 is 2.57 bits per heavy atom. The first-order valence-electron chi connectivity index (χ1n) is 11.4. The smallest absolute Gasteiger partial charge is 0.343 e. The quantitative estimate of drug-likeness (QED) is 0.201. The number of ketones is 1. The largest absolute Gasteiger partial charge is 0.497 e. The Morgan fingerprint density at radius 2 is 1.83 bits per heavy atom. The monoisotopic (exact) mass is 467 g/mol. The van der Waals surface area contributed by atoms with Crippen molar-refractivity contribution < 1.29 is 23.8 Å². The maximum absolute atomic E-state index is 13.2. The van der Waals surface area contributed by atoms with Crippen LogP contribution in [0, 0.1) is 13.8 Å². The first-order chi connectivity index (χ1) is 16.9. The molecule has 35 heavy (non-hydrogen) atoms. The van der Waals surface area contributed by atoms with Gasteiger partial charge >= 0.3 is 5.97 Å². The third-order valence-electron chi connectivity index (χ3n) is 6.27. The zero-order valence-corrected chi connectivity index (χ0v) is 20.0. The van der Waals surface area contributed by atoms with Gasteiger partial charge in [0.1, 0.15) is 17.2 Å². The lowest BCUT2D eigenvalue weighted by Crippen LogP contribution is -2.10. The number of fused-ring (bicyclic) bond motifs is 2. The Kier molecular flexibility index (Phi) is 5.65. The Morgan fingerprint density at radius 1 is 1.03 bits per heavy atom. The van der Waals surface area contributed by atoms with Gasteiger partial charge in [-0.25, -0.2) is 4.79 Å². The van der Waals surface area contributed by atoms with Crippen LogP contribution in [0.25, 0.3) is 17.0 Å². The van der Waals surface area contributed by atoms with Gasteiger partial charge in [0.05, 0.1) is 18.2 Å². The molecule has 1 aromatic heterocycles.